The maximum Gasteiger partial charge on any atom is 0.284 e. The molecular weight excluding hydrogens is 604 g/mol. The Morgan fingerprint density at radius 1 is 1.19 bits per heavy atom. The van der Waals surface area contributed by atoms with Gasteiger partial charge in [0.1, 0.15) is 27.3 Å². The number of benzene rings is 1. The van der Waals surface area contributed by atoms with E-state index in [1.807, 2.05) is 5.38 Å². The molecule has 11 nitrogen and oxygen atoms in total. The number of carbonyl (C=O) groups is 2. The van der Waals surface area contributed by atoms with Crippen LogP contribution in [0.1, 0.15) is 28.8 Å². The van der Waals surface area contributed by atoms with Gasteiger partial charge in [0.25, 0.3) is 11.6 Å². The maximum atomic E-state index is 12.7. The van der Waals surface area contributed by atoms with E-state index in [0.29, 0.717) is 34.3 Å². The number of para-hydroxylation sites is 1. The van der Waals surface area contributed by atoms with Gasteiger partial charge >= 0.3 is 0 Å². The van der Waals surface area contributed by atoms with Crippen molar-refractivity contribution in [2.24, 2.45) is 0 Å². The van der Waals surface area contributed by atoms with Crippen LogP contribution in [0.15, 0.2) is 39.9 Å². The second-order valence-corrected chi connectivity index (χ2v) is 11.1. The number of halogens is 1. The quantitative estimate of drug-likeness (QED) is 0.0689. The molecule has 2 aromatic heterocycles. The van der Waals surface area contributed by atoms with Crippen LogP contribution in [-0.2, 0) is 11.2 Å². The predicted octanol–water partition coefficient (Wildman–Crippen LogP) is 3.39. The lowest BCUT2D eigenvalue weighted by Crippen LogP contribution is -2.48. The summed E-state index contributed by atoms with van der Waals surface area (Å²) in [4.78, 5) is 44.8. The average molecular weight is 630 g/mol. The fraction of sp³-hybridized carbons (Fsp3) is 0.364. The summed E-state index contributed by atoms with van der Waals surface area (Å²) in [5, 5.41) is 32.6. The van der Waals surface area contributed by atoms with Crippen LogP contribution in [0.5, 0.6) is 0 Å². The summed E-state index contributed by atoms with van der Waals surface area (Å²) in [7, 11) is 0. The molecular formula is C22H25BrN6O5S3. The number of alkyl halides is 1. The standard InChI is InChI=1S/C22H25BrN6O5S3/c1-13(30)19(28-37-17-6-3-2-5-16(17)29(33)34)21(32)25-10-7-18-26-15(12-35-18)22-27-14(11-36-22)20(31)24-9-4-8-23/h2-3,5-6,11-13,19,28,30H,4,7-10H2,1H3,(H,24,31)(H,25,32)/t13-,19-/m0/s1. The molecule has 0 aliphatic rings. The first-order valence-corrected chi connectivity index (χ1v) is 14.9. The fourth-order valence-corrected chi connectivity index (χ4v) is 5.82. The minimum Gasteiger partial charge on any atom is -0.391 e. The van der Waals surface area contributed by atoms with E-state index in [-0.39, 0.29) is 18.1 Å². The minimum absolute atomic E-state index is 0.0908. The van der Waals surface area contributed by atoms with Gasteiger partial charge in [-0.3, -0.25) is 19.7 Å². The number of hydrogen-bond donors (Lipinski definition) is 4. The molecule has 0 spiro atoms. The molecule has 4 N–H and O–H groups in total. The number of thiazole rings is 2. The fourth-order valence-electron chi connectivity index (χ4n) is 2.97. The summed E-state index contributed by atoms with van der Waals surface area (Å²) < 4.78 is 2.83. The van der Waals surface area contributed by atoms with Crippen LogP contribution in [0, 0.1) is 10.1 Å². The molecule has 0 aliphatic carbocycles. The molecule has 0 saturated carbocycles. The van der Waals surface area contributed by atoms with Gasteiger partial charge in [0.05, 0.1) is 16.0 Å². The Balaban J connectivity index is 1.51. The van der Waals surface area contributed by atoms with Gasteiger partial charge in [0.15, 0.2) is 0 Å². The number of aromatic nitrogens is 2. The lowest BCUT2D eigenvalue weighted by Gasteiger charge is -2.20. The Bertz CT molecular complexity index is 1220. The molecule has 2 heterocycles. The van der Waals surface area contributed by atoms with E-state index in [4.69, 9.17) is 0 Å². The highest BCUT2D eigenvalue weighted by molar-refractivity contribution is 9.09. The summed E-state index contributed by atoms with van der Waals surface area (Å²) in [6.45, 7) is 2.32. The third kappa shape index (κ3) is 8.55. The molecule has 0 fully saturated rings. The van der Waals surface area contributed by atoms with Crippen molar-refractivity contribution < 1.29 is 19.6 Å². The first kappa shape index (κ1) is 29.1. The molecule has 0 aliphatic heterocycles. The number of nitrogens with one attached hydrogen (secondary N) is 3. The van der Waals surface area contributed by atoms with E-state index in [2.05, 4.69) is 41.3 Å². The Hall–Kier alpha value is -2.43. The highest BCUT2D eigenvalue weighted by Crippen LogP contribution is 2.27. The van der Waals surface area contributed by atoms with Crippen LogP contribution in [0.2, 0.25) is 0 Å². The van der Waals surface area contributed by atoms with E-state index in [0.717, 1.165) is 28.7 Å². The van der Waals surface area contributed by atoms with Gasteiger partial charge in [0.2, 0.25) is 5.91 Å². The van der Waals surface area contributed by atoms with Gasteiger partial charge in [-0.15, -0.1) is 22.7 Å². The monoisotopic (exact) mass is 628 g/mol. The number of hydrogen-bond acceptors (Lipinski definition) is 11. The van der Waals surface area contributed by atoms with Crippen molar-refractivity contribution in [3.05, 3.63) is 55.8 Å². The number of amides is 2. The molecule has 2 amide bonds. The highest BCUT2D eigenvalue weighted by atomic mass is 79.9. The zero-order valence-electron chi connectivity index (χ0n) is 19.7. The van der Waals surface area contributed by atoms with Gasteiger partial charge in [-0.1, -0.05) is 28.1 Å². The maximum absolute atomic E-state index is 12.7. The smallest absolute Gasteiger partial charge is 0.284 e. The Morgan fingerprint density at radius 3 is 2.70 bits per heavy atom. The van der Waals surface area contributed by atoms with Crippen molar-refractivity contribution in [2.75, 3.05) is 18.4 Å². The first-order valence-electron chi connectivity index (χ1n) is 11.2. The summed E-state index contributed by atoms with van der Waals surface area (Å²) >= 11 is 7.01. The van der Waals surface area contributed by atoms with E-state index >= 15 is 0 Å². The number of aliphatic hydroxyl groups excluding tert-OH is 1. The molecule has 0 saturated heterocycles. The molecule has 2 atom stereocenters. The van der Waals surface area contributed by atoms with E-state index in [1.54, 1.807) is 23.6 Å². The van der Waals surface area contributed by atoms with Gasteiger partial charge in [-0.25, -0.2) is 14.7 Å². The van der Waals surface area contributed by atoms with Crippen molar-refractivity contribution >= 4 is 68.1 Å². The molecule has 1 aromatic carbocycles. The van der Waals surface area contributed by atoms with Crippen LogP contribution in [0.3, 0.4) is 0 Å². The topological polar surface area (TPSA) is 159 Å². The molecule has 3 rings (SSSR count). The Morgan fingerprint density at radius 2 is 1.97 bits per heavy atom. The second-order valence-electron chi connectivity index (χ2n) is 7.67. The Kier molecular flexibility index (Phi) is 11.4. The summed E-state index contributed by atoms with van der Waals surface area (Å²) in [5.74, 6) is -0.656. The third-order valence-corrected chi connectivity index (χ3v) is 8.14. The van der Waals surface area contributed by atoms with Crippen molar-refractivity contribution in [3.63, 3.8) is 0 Å². The van der Waals surface area contributed by atoms with Gasteiger partial charge in [-0.2, -0.15) is 0 Å². The molecule has 37 heavy (non-hydrogen) atoms. The van der Waals surface area contributed by atoms with Crippen molar-refractivity contribution in [1.82, 2.24) is 25.3 Å². The van der Waals surface area contributed by atoms with Crippen LogP contribution in [0.25, 0.3) is 10.7 Å². The zero-order chi connectivity index (χ0) is 26.8. The van der Waals surface area contributed by atoms with Crippen LogP contribution in [-0.4, -0.2) is 62.4 Å². The van der Waals surface area contributed by atoms with E-state index in [9.17, 15) is 24.8 Å². The molecule has 198 valence electrons. The number of nitro groups is 1. The molecule has 3 aromatic rings. The molecule has 15 heteroatoms. The SMILES string of the molecule is C[C@H](O)[C@H](NSc1ccccc1[N+](=O)[O-])C(=O)NCCc1nc(-c2nc(C(=O)NCCCBr)cs2)cs1. The summed E-state index contributed by atoms with van der Waals surface area (Å²) in [6.07, 6.45) is 0.264. The Labute approximate surface area is 233 Å². The van der Waals surface area contributed by atoms with Crippen LogP contribution in [0.4, 0.5) is 5.69 Å². The normalized spacial score (nSPS) is 12.6. The van der Waals surface area contributed by atoms with Crippen molar-refractivity contribution in [3.8, 4) is 10.7 Å². The number of nitro benzene ring substituents is 1. The van der Waals surface area contributed by atoms with E-state index in [1.165, 1.54) is 35.7 Å². The molecule has 0 bridgehead atoms. The van der Waals surface area contributed by atoms with E-state index < -0.39 is 23.0 Å². The molecule has 0 radical (unpaired) electrons. The lowest BCUT2D eigenvalue weighted by molar-refractivity contribution is -0.387. The molecule has 0 unspecified atom stereocenters. The second kappa shape index (κ2) is 14.5. The van der Waals surface area contributed by atoms with Crippen molar-refractivity contribution in [1.29, 1.82) is 0 Å². The largest absolute Gasteiger partial charge is 0.391 e. The highest BCUT2D eigenvalue weighted by Gasteiger charge is 2.25. The van der Waals surface area contributed by atoms with Gasteiger partial charge in [-0.05, 0) is 31.4 Å². The number of nitrogens with zero attached hydrogens (tertiary/aromatic N) is 3. The number of aliphatic hydroxyl groups is 1. The predicted molar refractivity (Wildman–Crippen MR) is 148 cm³/mol. The first-order chi connectivity index (χ1) is 17.8. The van der Waals surface area contributed by atoms with Crippen LogP contribution >= 0.6 is 50.6 Å². The third-order valence-electron chi connectivity index (χ3n) is 4.86. The zero-order valence-corrected chi connectivity index (χ0v) is 23.7. The minimum atomic E-state index is -1.03. The average Bonchev–Trinajstić information content (AvgIpc) is 3.54. The number of carbonyl (C=O) groups excluding carboxylic acids is 2. The van der Waals surface area contributed by atoms with Crippen LogP contribution < -0.4 is 15.4 Å². The number of rotatable bonds is 14. The van der Waals surface area contributed by atoms with Gasteiger partial charge < -0.3 is 15.7 Å². The summed E-state index contributed by atoms with van der Waals surface area (Å²) in [5.41, 5.74) is 0.930. The lowest BCUT2D eigenvalue weighted by atomic mass is 10.2. The van der Waals surface area contributed by atoms with Gasteiger partial charge in [0, 0.05) is 41.7 Å². The summed E-state index contributed by atoms with van der Waals surface area (Å²) in [6, 6.07) is 5.17. The van der Waals surface area contributed by atoms with Crippen molar-refractivity contribution in [2.45, 2.75) is 36.8 Å².